The highest BCUT2D eigenvalue weighted by Gasteiger charge is 2.32. The van der Waals surface area contributed by atoms with E-state index in [4.69, 9.17) is 14.2 Å². The molecule has 12 nitrogen and oxygen atoms in total. The molecule has 37 heavy (non-hydrogen) atoms. The molecule has 0 unspecified atom stereocenters. The maximum Gasteiger partial charge on any atom is 0.337 e. The van der Waals surface area contributed by atoms with Crippen molar-refractivity contribution >= 4 is 40.8 Å². The number of urea groups is 1. The van der Waals surface area contributed by atoms with E-state index in [1.54, 1.807) is 32.0 Å². The van der Waals surface area contributed by atoms with Gasteiger partial charge in [0, 0.05) is 17.3 Å². The van der Waals surface area contributed by atoms with E-state index in [0.717, 1.165) is 0 Å². The Morgan fingerprint density at radius 1 is 1.22 bits per heavy atom. The molecule has 2 aromatic carbocycles. The van der Waals surface area contributed by atoms with Gasteiger partial charge in [-0.1, -0.05) is 6.07 Å². The Balaban J connectivity index is 1.71. The van der Waals surface area contributed by atoms with Gasteiger partial charge in [0.05, 0.1) is 35.1 Å². The molecule has 0 radical (unpaired) electrons. The van der Waals surface area contributed by atoms with Crippen LogP contribution < -0.4 is 25.5 Å². The number of allylic oxidation sites excluding steroid dienone is 1. The van der Waals surface area contributed by atoms with Crippen LogP contribution in [0.4, 0.5) is 4.79 Å². The number of nitrogens with one attached hydrogen (secondary N) is 3. The number of phenolic OH excluding ortho intramolecular Hbond substituents is 2. The average Bonchev–Trinajstić information content (AvgIpc) is 2.85. The lowest BCUT2D eigenvalue weighted by molar-refractivity contribution is -0.136. The van der Waals surface area contributed by atoms with Crippen molar-refractivity contribution in [2.24, 2.45) is 5.10 Å². The normalized spacial score (nSPS) is 16.1. The smallest absolute Gasteiger partial charge is 0.337 e. The number of amides is 2. The fraction of sp³-hybridized carbons (Fsp3) is 0.292. The first-order valence-electron chi connectivity index (χ1n) is 11.1. The number of ether oxygens (including phenoxy) is 3. The van der Waals surface area contributed by atoms with Gasteiger partial charge in [-0.15, -0.1) is 0 Å². The molecule has 0 fully saturated rings. The molecule has 0 aliphatic carbocycles. The number of hydrazone groups is 1. The molecule has 6 N–H and O–H groups in total. The van der Waals surface area contributed by atoms with Crippen molar-refractivity contribution in [1.29, 1.82) is 0 Å². The molecule has 1 aliphatic heterocycles. The Labute approximate surface area is 226 Å². The predicted octanol–water partition coefficient (Wildman–Crippen LogP) is 2.22. The van der Waals surface area contributed by atoms with Crippen molar-refractivity contribution < 1.29 is 39.1 Å². The Morgan fingerprint density at radius 3 is 2.68 bits per heavy atom. The van der Waals surface area contributed by atoms with Crippen molar-refractivity contribution in [2.75, 3.05) is 20.3 Å². The number of methoxy groups -OCH3 is 1. The van der Waals surface area contributed by atoms with Crippen LogP contribution in [0, 0.1) is 3.57 Å². The van der Waals surface area contributed by atoms with Gasteiger partial charge in [-0.05, 0) is 60.2 Å². The van der Waals surface area contributed by atoms with Gasteiger partial charge in [0.15, 0.2) is 17.7 Å². The summed E-state index contributed by atoms with van der Waals surface area (Å²) in [5, 5.41) is 38.9. The molecule has 0 saturated heterocycles. The Bertz CT molecular complexity index is 1230. The van der Waals surface area contributed by atoms with Crippen molar-refractivity contribution in [1.82, 2.24) is 16.1 Å². The summed E-state index contributed by atoms with van der Waals surface area (Å²) in [5.74, 6) is -0.141. The number of esters is 1. The van der Waals surface area contributed by atoms with E-state index in [0.29, 0.717) is 38.5 Å². The largest absolute Gasteiger partial charge is 0.507 e. The molecule has 2 aromatic rings. The van der Waals surface area contributed by atoms with Crippen LogP contribution in [-0.4, -0.2) is 60.1 Å². The van der Waals surface area contributed by atoms with E-state index in [2.05, 4.69) is 21.2 Å². The van der Waals surface area contributed by atoms with E-state index in [9.17, 15) is 24.9 Å². The number of phenols is 2. The van der Waals surface area contributed by atoms with Gasteiger partial charge in [0.25, 0.3) is 0 Å². The third-order valence-corrected chi connectivity index (χ3v) is 6.06. The second kappa shape index (κ2) is 12.5. The minimum absolute atomic E-state index is 0.0528. The van der Waals surface area contributed by atoms with Crippen molar-refractivity contribution in [3.8, 4) is 23.0 Å². The van der Waals surface area contributed by atoms with Crippen LogP contribution in [0.15, 0.2) is 46.7 Å². The summed E-state index contributed by atoms with van der Waals surface area (Å²) in [6, 6.07) is 6.40. The Hall–Kier alpha value is -3.72. The molecule has 0 saturated carbocycles. The molecule has 13 heteroatoms. The molecule has 0 aromatic heterocycles. The number of carbonyl (C=O) groups is 2. The molecule has 0 bridgehead atoms. The summed E-state index contributed by atoms with van der Waals surface area (Å²) in [6.07, 6.45) is 0.0893. The van der Waals surface area contributed by atoms with Crippen molar-refractivity contribution in [2.45, 2.75) is 26.1 Å². The summed E-state index contributed by atoms with van der Waals surface area (Å²) in [4.78, 5) is 24.4. The number of carbonyl (C=O) groups excluding carboxylic acids is 2. The van der Waals surface area contributed by atoms with E-state index in [1.165, 1.54) is 25.5 Å². The predicted molar refractivity (Wildman–Crippen MR) is 141 cm³/mol. The van der Waals surface area contributed by atoms with Crippen LogP contribution in [0.2, 0.25) is 0 Å². The highest BCUT2D eigenvalue weighted by atomic mass is 127. The summed E-state index contributed by atoms with van der Waals surface area (Å²) in [7, 11) is 1.26. The fourth-order valence-electron chi connectivity index (χ4n) is 3.48. The van der Waals surface area contributed by atoms with Gasteiger partial charge < -0.3 is 40.2 Å². The van der Waals surface area contributed by atoms with Crippen LogP contribution >= 0.6 is 22.6 Å². The van der Waals surface area contributed by atoms with Crippen LogP contribution in [0.25, 0.3) is 0 Å². The average molecular weight is 626 g/mol. The van der Waals surface area contributed by atoms with Crippen molar-refractivity contribution in [3.05, 3.63) is 56.3 Å². The maximum atomic E-state index is 12.4. The number of halogens is 1. The van der Waals surface area contributed by atoms with Gasteiger partial charge in [0.2, 0.25) is 0 Å². The first-order valence-corrected chi connectivity index (χ1v) is 12.2. The number of rotatable bonds is 10. The van der Waals surface area contributed by atoms with Gasteiger partial charge in [0.1, 0.15) is 18.1 Å². The zero-order valence-corrected chi connectivity index (χ0v) is 22.4. The second-order valence-corrected chi connectivity index (χ2v) is 8.94. The molecule has 2 atom stereocenters. The third-order valence-electron chi connectivity index (χ3n) is 5.20. The molecular formula is C24H27IN4O8. The monoisotopic (exact) mass is 626 g/mol. The Morgan fingerprint density at radius 2 is 1.97 bits per heavy atom. The van der Waals surface area contributed by atoms with Gasteiger partial charge >= 0.3 is 12.0 Å². The highest BCUT2D eigenvalue weighted by Crippen LogP contribution is 2.35. The number of aromatic hydroxyl groups is 2. The summed E-state index contributed by atoms with van der Waals surface area (Å²) in [5.41, 5.74) is 4.03. The van der Waals surface area contributed by atoms with Gasteiger partial charge in [-0.25, -0.2) is 9.59 Å². The quantitative estimate of drug-likeness (QED) is 0.0761. The second-order valence-electron chi connectivity index (χ2n) is 7.78. The van der Waals surface area contributed by atoms with Crippen LogP contribution in [-0.2, 0) is 9.53 Å². The summed E-state index contributed by atoms with van der Waals surface area (Å²) >= 11 is 1.91. The number of nitrogens with zero attached hydrogens (tertiary/aromatic N) is 1. The number of aliphatic hydroxyl groups excluding tert-OH is 1. The molecule has 3 rings (SSSR count). The lowest BCUT2D eigenvalue weighted by Crippen LogP contribution is -2.45. The number of hydrogen-bond acceptors (Lipinski definition) is 10. The topological polar surface area (TPSA) is 171 Å². The molecule has 1 aliphatic rings. The minimum Gasteiger partial charge on any atom is -0.507 e. The molecule has 2 amide bonds. The third kappa shape index (κ3) is 6.95. The fourth-order valence-corrected chi connectivity index (χ4v) is 3.98. The SMILES string of the molecule is CCOc1cc([C@H]2NC(=O)NC(C)=C2C(=O)OC)ccc1OC[C@@H](O)N/N=C\c1cc(I)c(O)cc1O. The standard InChI is InChI=1S/C24H27IN4O8/c1-4-36-19-8-13(22-21(23(33)35-3)12(2)27-24(34)28-22)5-6-18(19)37-11-20(32)29-26-10-14-7-15(25)17(31)9-16(14)30/h5-10,20,22,29-32H,4,11H2,1-3H3,(H2,27,28,34)/b26-10-/t20-,22-/m1/s1. The molecule has 1 heterocycles. The lowest BCUT2D eigenvalue weighted by Gasteiger charge is -2.28. The van der Waals surface area contributed by atoms with E-state index < -0.39 is 24.3 Å². The van der Waals surface area contributed by atoms with Crippen molar-refractivity contribution in [3.63, 3.8) is 0 Å². The first kappa shape index (κ1) is 27.9. The van der Waals surface area contributed by atoms with Crippen LogP contribution in [0.3, 0.4) is 0 Å². The zero-order valence-electron chi connectivity index (χ0n) is 20.2. The highest BCUT2D eigenvalue weighted by molar-refractivity contribution is 14.1. The van der Waals surface area contributed by atoms with E-state index in [1.807, 2.05) is 22.6 Å². The first-order chi connectivity index (χ1) is 17.6. The molecular weight excluding hydrogens is 599 g/mol. The number of benzene rings is 2. The zero-order chi connectivity index (χ0) is 27.1. The van der Waals surface area contributed by atoms with E-state index in [-0.39, 0.29) is 23.7 Å². The van der Waals surface area contributed by atoms with Crippen LogP contribution in [0.5, 0.6) is 23.0 Å². The summed E-state index contributed by atoms with van der Waals surface area (Å²) in [6.45, 7) is 3.51. The number of hydrogen-bond donors (Lipinski definition) is 6. The van der Waals surface area contributed by atoms with E-state index >= 15 is 0 Å². The summed E-state index contributed by atoms with van der Waals surface area (Å²) < 4.78 is 16.8. The molecule has 198 valence electrons. The molecule has 0 spiro atoms. The van der Waals surface area contributed by atoms with Gasteiger partial charge in [-0.3, -0.25) is 5.43 Å². The van der Waals surface area contributed by atoms with Gasteiger partial charge in [-0.2, -0.15) is 5.10 Å². The van der Waals surface area contributed by atoms with Crippen LogP contribution in [0.1, 0.15) is 31.0 Å². The lowest BCUT2D eigenvalue weighted by atomic mass is 9.95. The minimum atomic E-state index is -1.20. The Kier molecular flexibility index (Phi) is 9.41. The maximum absolute atomic E-state index is 12.4. The number of aliphatic hydroxyl groups is 1.